The first-order chi connectivity index (χ1) is 9.00. The van der Waals surface area contributed by atoms with E-state index >= 15 is 0 Å². The average Bonchev–Trinajstić information content (AvgIpc) is 2.37. The van der Waals surface area contributed by atoms with Crippen molar-refractivity contribution in [3.05, 3.63) is 48.0 Å². The molecule has 0 spiro atoms. The molecule has 0 bridgehead atoms. The minimum atomic E-state index is -1.27. The van der Waals surface area contributed by atoms with Crippen LogP contribution in [-0.4, -0.2) is 37.3 Å². The Morgan fingerprint density at radius 3 is 2.45 bits per heavy atom. The van der Waals surface area contributed by atoms with E-state index in [4.69, 9.17) is 4.74 Å². The van der Waals surface area contributed by atoms with Crippen LogP contribution in [0.4, 0.5) is 0 Å². The van der Waals surface area contributed by atoms with E-state index in [9.17, 15) is 5.11 Å². The van der Waals surface area contributed by atoms with Gasteiger partial charge in [0.2, 0.25) is 0 Å². The Bertz CT molecular complexity index is 550. The second-order valence-electron chi connectivity index (χ2n) is 5.16. The standard InChI is InChI=1S/C16H21NO2.ClH/c1-16(18,19-12-11-17(2)3)15-10-6-8-13-7-4-5-9-14(13)15;/h4-10,18H,11-12H2,1-3H3;1H. The number of hydrogen-bond acceptors (Lipinski definition) is 3. The smallest absolute Gasteiger partial charge is 0.190 e. The van der Waals surface area contributed by atoms with Crippen LogP contribution in [0, 0.1) is 0 Å². The maximum atomic E-state index is 10.6. The minimum Gasteiger partial charge on any atom is -0.362 e. The number of likely N-dealkylation sites (N-methyl/N-ethyl adjacent to an activating group) is 1. The highest BCUT2D eigenvalue weighted by Crippen LogP contribution is 2.29. The van der Waals surface area contributed by atoms with Gasteiger partial charge < -0.3 is 14.7 Å². The van der Waals surface area contributed by atoms with Gasteiger partial charge in [0.05, 0.1) is 6.61 Å². The molecule has 1 atom stereocenters. The molecular weight excluding hydrogens is 274 g/mol. The lowest BCUT2D eigenvalue weighted by atomic mass is 9.99. The maximum absolute atomic E-state index is 10.6. The van der Waals surface area contributed by atoms with E-state index in [0.29, 0.717) is 6.61 Å². The fraction of sp³-hybridized carbons (Fsp3) is 0.375. The molecule has 0 saturated carbocycles. The highest BCUT2D eigenvalue weighted by atomic mass is 35.5. The van der Waals surface area contributed by atoms with Crippen molar-refractivity contribution in [2.75, 3.05) is 27.2 Å². The first-order valence-corrected chi connectivity index (χ1v) is 6.50. The van der Waals surface area contributed by atoms with Gasteiger partial charge in [-0.3, -0.25) is 0 Å². The highest BCUT2D eigenvalue weighted by Gasteiger charge is 2.25. The van der Waals surface area contributed by atoms with Crippen LogP contribution in [0.1, 0.15) is 12.5 Å². The molecule has 0 aromatic heterocycles. The summed E-state index contributed by atoms with van der Waals surface area (Å²) in [5.41, 5.74) is 0.810. The Morgan fingerprint density at radius 2 is 1.75 bits per heavy atom. The molecule has 0 saturated heterocycles. The SMILES string of the molecule is CN(C)CCOC(C)(O)c1cccc2ccccc12.Cl. The fourth-order valence-electron chi connectivity index (χ4n) is 2.13. The summed E-state index contributed by atoms with van der Waals surface area (Å²) in [6, 6.07) is 13.9. The van der Waals surface area contributed by atoms with Crippen LogP contribution in [0.2, 0.25) is 0 Å². The quantitative estimate of drug-likeness (QED) is 0.861. The van der Waals surface area contributed by atoms with E-state index in [1.165, 1.54) is 0 Å². The number of benzene rings is 2. The minimum absolute atomic E-state index is 0. The van der Waals surface area contributed by atoms with Gasteiger partial charge in [-0.05, 0) is 31.8 Å². The number of hydrogen-bond donors (Lipinski definition) is 1. The molecule has 0 radical (unpaired) electrons. The van der Waals surface area contributed by atoms with Crippen LogP contribution in [0.5, 0.6) is 0 Å². The van der Waals surface area contributed by atoms with Crippen LogP contribution in [-0.2, 0) is 10.5 Å². The summed E-state index contributed by atoms with van der Waals surface area (Å²) >= 11 is 0. The van der Waals surface area contributed by atoms with Crippen LogP contribution in [0.25, 0.3) is 10.8 Å². The normalized spacial score (nSPS) is 14.1. The third-order valence-corrected chi connectivity index (χ3v) is 3.21. The van der Waals surface area contributed by atoms with Crippen LogP contribution < -0.4 is 0 Å². The average molecular weight is 296 g/mol. The predicted octanol–water partition coefficient (Wildman–Crippen LogP) is 3.00. The van der Waals surface area contributed by atoms with Crippen LogP contribution >= 0.6 is 12.4 Å². The van der Waals surface area contributed by atoms with E-state index in [-0.39, 0.29) is 12.4 Å². The molecule has 1 N–H and O–H groups in total. The zero-order chi connectivity index (χ0) is 13.9. The summed E-state index contributed by atoms with van der Waals surface area (Å²) in [6.07, 6.45) is 0. The molecule has 0 amide bonds. The van der Waals surface area contributed by atoms with Gasteiger partial charge in [-0.15, -0.1) is 12.4 Å². The van der Waals surface area contributed by atoms with Gasteiger partial charge in [-0.1, -0.05) is 42.5 Å². The van der Waals surface area contributed by atoms with Crippen molar-refractivity contribution in [1.82, 2.24) is 4.90 Å². The molecule has 2 aromatic carbocycles. The van der Waals surface area contributed by atoms with Gasteiger partial charge in [-0.2, -0.15) is 0 Å². The molecule has 0 aliphatic heterocycles. The van der Waals surface area contributed by atoms with Gasteiger partial charge in [0.15, 0.2) is 5.79 Å². The molecule has 0 heterocycles. The summed E-state index contributed by atoms with van der Waals surface area (Å²) < 4.78 is 5.65. The summed E-state index contributed by atoms with van der Waals surface area (Å²) in [5.74, 6) is -1.27. The second-order valence-corrected chi connectivity index (χ2v) is 5.16. The van der Waals surface area contributed by atoms with Gasteiger partial charge in [-0.25, -0.2) is 0 Å². The number of ether oxygens (including phenoxy) is 1. The largest absolute Gasteiger partial charge is 0.362 e. The number of halogens is 1. The van der Waals surface area contributed by atoms with Crippen molar-refractivity contribution in [2.45, 2.75) is 12.7 Å². The van der Waals surface area contributed by atoms with Gasteiger partial charge in [0.25, 0.3) is 0 Å². The zero-order valence-corrected chi connectivity index (χ0v) is 13.0. The zero-order valence-electron chi connectivity index (χ0n) is 12.2. The Kier molecular flexibility index (Phi) is 5.96. The van der Waals surface area contributed by atoms with Crippen molar-refractivity contribution < 1.29 is 9.84 Å². The van der Waals surface area contributed by atoms with Crippen molar-refractivity contribution in [3.63, 3.8) is 0 Å². The molecule has 20 heavy (non-hydrogen) atoms. The molecule has 4 heteroatoms. The second kappa shape index (κ2) is 7.04. The molecule has 2 aromatic rings. The summed E-state index contributed by atoms with van der Waals surface area (Å²) in [6.45, 7) is 2.97. The number of rotatable bonds is 5. The predicted molar refractivity (Wildman–Crippen MR) is 85.3 cm³/mol. The number of fused-ring (bicyclic) bond motifs is 1. The van der Waals surface area contributed by atoms with Crippen molar-refractivity contribution in [3.8, 4) is 0 Å². The fourth-order valence-corrected chi connectivity index (χ4v) is 2.13. The Balaban J connectivity index is 0.00000200. The summed E-state index contributed by atoms with van der Waals surface area (Å²) in [4.78, 5) is 2.03. The van der Waals surface area contributed by atoms with Crippen LogP contribution in [0.3, 0.4) is 0 Å². The number of aliphatic hydroxyl groups is 1. The van der Waals surface area contributed by atoms with Crippen molar-refractivity contribution in [2.24, 2.45) is 0 Å². The van der Waals surface area contributed by atoms with E-state index in [1.807, 2.05) is 61.5 Å². The molecule has 1 unspecified atom stereocenters. The lowest BCUT2D eigenvalue weighted by Crippen LogP contribution is -2.29. The van der Waals surface area contributed by atoms with E-state index in [2.05, 4.69) is 0 Å². The summed E-state index contributed by atoms with van der Waals surface area (Å²) in [5, 5.41) is 12.7. The van der Waals surface area contributed by atoms with Gasteiger partial charge >= 0.3 is 0 Å². The monoisotopic (exact) mass is 295 g/mol. The molecule has 110 valence electrons. The van der Waals surface area contributed by atoms with E-state index < -0.39 is 5.79 Å². The first kappa shape index (κ1) is 16.9. The maximum Gasteiger partial charge on any atom is 0.190 e. The topological polar surface area (TPSA) is 32.7 Å². The Labute approximate surface area is 126 Å². The van der Waals surface area contributed by atoms with Gasteiger partial charge in [0, 0.05) is 12.1 Å². The molecular formula is C16H22ClNO2. The molecule has 3 nitrogen and oxygen atoms in total. The third kappa shape index (κ3) is 3.93. The van der Waals surface area contributed by atoms with E-state index in [0.717, 1.165) is 22.9 Å². The Hall–Kier alpha value is -1.13. The van der Waals surface area contributed by atoms with Crippen molar-refractivity contribution in [1.29, 1.82) is 0 Å². The molecule has 0 fully saturated rings. The number of nitrogens with zero attached hydrogens (tertiary/aromatic N) is 1. The van der Waals surface area contributed by atoms with E-state index in [1.54, 1.807) is 6.92 Å². The Morgan fingerprint density at radius 1 is 1.10 bits per heavy atom. The van der Waals surface area contributed by atoms with Crippen molar-refractivity contribution >= 4 is 23.2 Å². The molecule has 2 rings (SSSR count). The summed E-state index contributed by atoms with van der Waals surface area (Å²) in [7, 11) is 3.96. The first-order valence-electron chi connectivity index (χ1n) is 6.50. The van der Waals surface area contributed by atoms with Crippen LogP contribution in [0.15, 0.2) is 42.5 Å². The molecule has 0 aliphatic carbocycles. The lowest BCUT2D eigenvalue weighted by molar-refractivity contribution is -0.198. The lowest BCUT2D eigenvalue weighted by Gasteiger charge is -2.26. The van der Waals surface area contributed by atoms with Gasteiger partial charge in [0.1, 0.15) is 0 Å². The third-order valence-electron chi connectivity index (χ3n) is 3.21. The molecule has 0 aliphatic rings. The highest BCUT2D eigenvalue weighted by molar-refractivity contribution is 5.86.